The van der Waals surface area contributed by atoms with Gasteiger partial charge in [0.15, 0.2) is 5.76 Å². The summed E-state index contributed by atoms with van der Waals surface area (Å²) in [4.78, 5) is 24.7. The molecule has 140 valence electrons. The summed E-state index contributed by atoms with van der Waals surface area (Å²) in [6.07, 6.45) is 3.08. The molecule has 2 aromatic carbocycles. The third-order valence-corrected chi connectivity index (χ3v) is 4.42. The van der Waals surface area contributed by atoms with E-state index in [2.05, 4.69) is 16.0 Å². The first kappa shape index (κ1) is 17.5. The molecule has 2 amide bonds. The molecule has 0 aliphatic rings. The molecule has 0 aliphatic heterocycles. The molecule has 28 heavy (non-hydrogen) atoms. The molecule has 7 nitrogen and oxygen atoms in total. The van der Waals surface area contributed by atoms with Crippen LogP contribution in [0.5, 0.6) is 0 Å². The highest BCUT2D eigenvalue weighted by Gasteiger charge is 2.18. The smallest absolute Gasteiger partial charge is 0.305 e. The van der Waals surface area contributed by atoms with Gasteiger partial charge < -0.3 is 4.42 Å². The molecule has 4 aromatic rings. The van der Waals surface area contributed by atoms with E-state index >= 15 is 0 Å². The van der Waals surface area contributed by atoms with E-state index in [1.165, 1.54) is 6.20 Å². The summed E-state index contributed by atoms with van der Waals surface area (Å²) in [7, 11) is 0. The van der Waals surface area contributed by atoms with Crippen molar-refractivity contribution in [2.24, 2.45) is 0 Å². The van der Waals surface area contributed by atoms with E-state index in [9.17, 15) is 9.59 Å². The Labute approximate surface area is 160 Å². The number of nitrogens with one attached hydrogen (secondary N) is 2. The van der Waals surface area contributed by atoms with Gasteiger partial charge in [-0.05, 0) is 18.6 Å². The van der Waals surface area contributed by atoms with E-state index in [1.807, 2.05) is 48.5 Å². The average Bonchev–Trinajstić information content (AvgIpc) is 3.32. The minimum Gasteiger partial charge on any atom is -0.451 e. The Morgan fingerprint density at radius 1 is 1.00 bits per heavy atom. The van der Waals surface area contributed by atoms with Crippen molar-refractivity contribution in [2.45, 2.75) is 13.5 Å². The van der Waals surface area contributed by atoms with Crippen LogP contribution in [0, 0.1) is 6.92 Å². The van der Waals surface area contributed by atoms with Gasteiger partial charge in [-0.15, -0.1) is 0 Å². The first-order valence-electron chi connectivity index (χ1n) is 8.77. The van der Waals surface area contributed by atoms with Gasteiger partial charge in [0.2, 0.25) is 0 Å². The third-order valence-electron chi connectivity index (χ3n) is 4.42. The van der Waals surface area contributed by atoms with Crippen molar-refractivity contribution in [1.82, 2.24) is 20.6 Å². The lowest BCUT2D eigenvalue weighted by Gasteiger charge is -2.05. The number of aryl methyl sites for hydroxylation is 1. The molecular weight excluding hydrogens is 356 g/mol. The van der Waals surface area contributed by atoms with Crippen molar-refractivity contribution in [3.8, 4) is 0 Å². The SMILES string of the molecule is Cc1c(C(=O)NNC(=O)c2cnn(Cc3ccccc3)c2)oc2ccccc12. The Bertz CT molecular complexity index is 1140. The number of nitrogens with zero attached hydrogens (tertiary/aromatic N) is 2. The highest BCUT2D eigenvalue weighted by atomic mass is 16.3. The van der Waals surface area contributed by atoms with Crippen LogP contribution in [0.15, 0.2) is 71.4 Å². The molecule has 0 bridgehead atoms. The van der Waals surface area contributed by atoms with E-state index in [-0.39, 0.29) is 5.76 Å². The summed E-state index contributed by atoms with van der Waals surface area (Å²) in [6, 6.07) is 17.2. The highest BCUT2D eigenvalue weighted by Crippen LogP contribution is 2.24. The monoisotopic (exact) mass is 374 g/mol. The quantitative estimate of drug-likeness (QED) is 0.537. The predicted molar refractivity (Wildman–Crippen MR) is 104 cm³/mol. The van der Waals surface area contributed by atoms with Crippen molar-refractivity contribution in [1.29, 1.82) is 0 Å². The van der Waals surface area contributed by atoms with E-state index in [1.54, 1.807) is 23.9 Å². The molecule has 0 unspecified atom stereocenters. The van der Waals surface area contributed by atoms with Crippen molar-refractivity contribution in [3.05, 3.63) is 89.4 Å². The zero-order valence-electron chi connectivity index (χ0n) is 15.2. The zero-order chi connectivity index (χ0) is 19.5. The first-order chi connectivity index (χ1) is 13.6. The van der Waals surface area contributed by atoms with E-state index in [0.29, 0.717) is 17.7 Å². The summed E-state index contributed by atoms with van der Waals surface area (Å²) < 4.78 is 7.25. The zero-order valence-corrected chi connectivity index (χ0v) is 15.2. The maximum atomic E-state index is 12.4. The topological polar surface area (TPSA) is 89.2 Å². The van der Waals surface area contributed by atoms with Crippen LogP contribution < -0.4 is 10.9 Å². The number of amides is 2. The predicted octanol–water partition coefficient (Wildman–Crippen LogP) is 3.06. The fourth-order valence-electron chi connectivity index (χ4n) is 2.97. The van der Waals surface area contributed by atoms with Gasteiger partial charge in [-0.3, -0.25) is 25.1 Å². The lowest BCUT2D eigenvalue weighted by atomic mass is 10.1. The fraction of sp³-hybridized carbons (Fsp3) is 0.0952. The Morgan fingerprint density at radius 3 is 2.50 bits per heavy atom. The standard InChI is InChI=1S/C21H18N4O3/c1-14-17-9-5-6-10-18(17)28-19(14)21(27)24-23-20(26)16-11-22-25(13-16)12-15-7-3-2-4-8-15/h2-11,13H,12H2,1H3,(H,23,26)(H,24,27). The fourth-order valence-corrected chi connectivity index (χ4v) is 2.97. The number of benzene rings is 2. The highest BCUT2D eigenvalue weighted by molar-refractivity contribution is 6.01. The molecule has 7 heteroatoms. The van der Waals surface area contributed by atoms with Crippen LogP contribution in [0.1, 0.15) is 32.0 Å². The van der Waals surface area contributed by atoms with E-state index in [0.717, 1.165) is 16.5 Å². The van der Waals surface area contributed by atoms with Gasteiger partial charge in [-0.1, -0.05) is 48.5 Å². The van der Waals surface area contributed by atoms with Gasteiger partial charge in [0, 0.05) is 17.1 Å². The molecule has 2 N–H and O–H groups in total. The minimum atomic E-state index is -0.515. The number of hydrogen-bond donors (Lipinski definition) is 2. The third kappa shape index (κ3) is 3.50. The molecule has 0 fully saturated rings. The van der Waals surface area contributed by atoms with Crippen LogP contribution in [0.25, 0.3) is 11.0 Å². The first-order valence-corrected chi connectivity index (χ1v) is 8.77. The molecule has 0 spiro atoms. The van der Waals surface area contributed by atoms with Gasteiger partial charge in [-0.25, -0.2) is 0 Å². The number of carbonyl (C=O) groups is 2. The summed E-state index contributed by atoms with van der Waals surface area (Å²) in [6.45, 7) is 2.36. The number of fused-ring (bicyclic) bond motifs is 1. The van der Waals surface area contributed by atoms with Gasteiger partial charge in [0.25, 0.3) is 5.91 Å². The molecule has 2 aromatic heterocycles. The minimum absolute atomic E-state index is 0.168. The second-order valence-electron chi connectivity index (χ2n) is 6.37. The Balaban J connectivity index is 1.40. The van der Waals surface area contributed by atoms with Crippen LogP contribution in [-0.4, -0.2) is 21.6 Å². The van der Waals surface area contributed by atoms with Gasteiger partial charge in [0.1, 0.15) is 5.58 Å². The maximum absolute atomic E-state index is 12.4. The lowest BCUT2D eigenvalue weighted by molar-refractivity contribution is 0.0831. The molecule has 0 saturated carbocycles. The summed E-state index contributed by atoms with van der Waals surface area (Å²) >= 11 is 0. The summed E-state index contributed by atoms with van der Waals surface area (Å²) in [5.74, 6) is -0.804. The Morgan fingerprint density at radius 2 is 1.71 bits per heavy atom. The van der Waals surface area contributed by atoms with E-state index in [4.69, 9.17) is 4.42 Å². The summed E-state index contributed by atoms with van der Waals surface area (Å²) in [5, 5.41) is 5.05. The number of hydrazine groups is 1. The lowest BCUT2D eigenvalue weighted by Crippen LogP contribution is -2.41. The van der Waals surface area contributed by atoms with Crippen molar-refractivity contribution < 1.29 is 14.0 Å². The molecule has 4 rings (SSSR count). The second kappa shape index (κ2) is 7.40. The van der Waals surface area contributed by atoms with Gasteiger partial charge >= 0.3 is 5.91 Å². The van der Waals surface area contributed by atoms with Crippen LogP contribution in [0.3, 0.4) is 0 Å². The van der Waals surface area contributed by atoms with Crippen LogP contribution in [-0.2, 0) is 6.54 Å². The van der Waals surface area contributed by atoms with Gasteiger partial charge in [-0.2, -0.15) is 5.10 Å². The number of aromatic nitrogens is 2. The van der Waals surface area contributed by atoms with Crippen LogP contribution >= 0.6 is 0 Å². The molecular formula is C21H18N4O3. The Kier molecular flexibility index (Phi) is 4.63. The van der Waals surface area contributed by atoms with Crippen molar-refractivity contribution in [2.75, 3.05) is 0 Å². The number of carbonyl (C=O) groups excluding carboxylic acids is 2. The largest absolute Gasteiger partial charge is 0.451 e. The van der Waals surface area contributed by atoms with Crippen LogP contribution in [0.2, 0.25) is 0 Å². The molecule has 0 saturated heterocycles. The average molecular weight is 374 g/mol. The maximum Gasteiger partial charge on any atom is 0.305 e. The van der Waals surface area contributed by atoms with Crippen molar-refractivity contribution >= 4 is 22.8 Å². The van der Waals surface area contributed by atoms with Crippen LogP contribution in [0.4, 0.5) is 0 Å². The number of rotatable bonds is 4. The molecule has 2 heterocycles. The second-order valence-corrected chi connectivity index (χ2v) is 6.37. The molecule has 0 aliphatic carbocycles. The number of hydrogen-bond acceptors (Lipinski definition) is 4. The molecule has 0 atom stereocenters. The van der Waals surface area contributed by atoms with Crippen molar-refractivity contribution in [3.63, 3.8) is 0 Å². The normalized spacial score (nSPS) is 10.8. The number of para-hydroxylation sites is 1. The van der Waals surface area contributed by atoms with Gasteiger partial charge in [0.05, 0.1) is 18.3 Å². The molecule has 0 radical (unpaired) electrons. The summed E-state index contributed by atoms with van der Waals surface area (Å²) in [5.41, 5.74) is 7.55. The number of furan rings is 1. The Hall–Kier alpha value is -3.87. The van der Waals surface area contributed by atoms with E-state index < -0.39 is 11.8 Å².